The quantitative estimate of drug-likeness (QED) is 0.493. The van der Waals surface area contributed by atoms with Gasteiger partial charge in [0.2, 0.25) is 0 Å². The molecule has 0 aliphatic heterocycles. The van der Waals surface area contributed by atoms with Crippen LogP contribution in [-0.4, -0.2) is 19.2 Å². The van der Waals surface area contributed by atoms with Gasteiger partial charge in [0, 0.05) is 22.5 Å². The molecule has 4 aromatic rings. The van der Waals surface area contributed by atoms with E-state index in [1.54, 1.807) is 25.6 Å². The first-order valence-corrected chi connectivity index (χ1v) is 9.02. The Hall–Kier alpha value is -3.05. The van der Waals surface area contributed by atoms with Gasteiger partial charge in [0.25, 0.3) is 0 Å². The van der Waals surface area contributed by atoms with E-state index in [-0.39, 0.29) is 0 Å². The zero-order valence-electron chi connectivity index (χ0n) is 14.5. The second kappa shape index (κ2) is 7.06. The first-order valence-electron chi connectivity index (χ1n) is 8.20. The van der Waals surface area contributed by atoms with Gasteiger partial charge in [-0.05, 0) is 23.8 Å². The number of fused-ring (bicyclic) bond motifs is 1. The Balaban J connectivity index is 1.77. The number of benzene rings is 2. The monoisotopic (exact) mass is 362 g/mol. The van der Waals surface area contributed by atoms with E-state index < -0.39 is 0 Å². The van der Waals surface area contributed by atoms with Crippen molar-refractivity contribution in [2.24, 2.45) is 0 Å². The van der Waals surface area contributed by atoms with Crippen LogP contribution in [0.1, 0.15) is 0 Å². The number of rotatable bonds is 5. The van der Waals surface area contributed by atoms with Crippen LogP contribution < -0.4 is 14.8 Å². The Labute approximate surface area is 156 Å². The summed E-state index contributed by atoms with van der Waals surface area (Å²) in [5, 5.41) is 4.58. The van der Waals surface area contributed by atoms with Crippen LogP contribution in [0.5, 0.6) is 11.5 Å². The number of methoxy groups -OCH3 is 2. The van der Waals surface area contributed by atoms with Crippen LogP contribution in [0.4, 0.5) is 11.4 Å². The molecule has 2 aromatic heterocycles. The summed E-state index contributed by atoms with van der Waals surface area (Å²) in [5.74, 6) is 1.52. The molecule has 130 valence electrons. The fourth-order valence-corrected chi connectivity index (χ4v) is 3.92. The summed E-state index contributed by atoms with van der Waals surface area (Å²) in [4.78, 5) is 5.61. The lowest BCUT2D eigenvalue weighted by molar-refractivity contribution is 0.405. The fraction of sp³-hybridized carbons (Fsp3) is 0.0952. The molecule has 4 nitrogen and oxygen atoms in total. The van der Waals surface area contributed by atoms with Crippen molar-refractivity contribution in [1.29, 1.82) is 0 Å². The van der Waals surface area contributed by atoms with Gasteiger partial charge in [0.1, 0.15) is 11.5 Å². The Morgan fingerprint density at radius 2 is 1.73 bits per heavy atom. The largest absolute Gasteiger partial charge is 0.497 e. The number of hydrogen-bond donors (Lipinski definition) is 1. The molecule has 4 rings (SSSR count). The zero-order chi connectivity index (χ0) is 17.9. The molecule has 0 aliphatic carbocycles. The molecular formula is C21H18N2O2S. The van der Waals surface area contributed by atoms with Gasteiger partial charge in [0.05, 0.1) is 36.5 Å². The minimum Gasteiger partial charge on any atom is -0.497 e. The van der Waals surface area contributed by atoms with E-state index in [4.69, 9.17) is 9.47 Å². The van der Waals surface area contributed by atoms with Gasteiger partial charge in [-0.1, -0.05) is 30.3 Å². The van der Waals surface area contributed by atoms with Crippen LogP contribution in [0.3, 0.4) is 0 Å². The fourth-order valence-electron chi connectivity index (χ4n) is 2.86. The smallest absolute Gasteiger partial charge is 0.142 e. The standard InChI is InChI=1S/C21H18N2O2S/c1-24-15-8-9-19(25-2)17(10-15)23-18-12-22-13-21-16(18)11-20(26-21)14-6-4-3-5-7-14/h3-13,23H,1-2H3. The molecule has 0 bridgehead atoms. The molecule has 0 amide bonds. The zero-order valence-corrected chi connectivity index (χ0v) is 15.3. The van der Waals surface area contributed by atoms with Crippen molar-refractivity contribution in [3.8, 4) is 21.9 Å². The van der Waals surface area contributed by atoms with Crippen molar-refractivity contribution < 1.29 is 9.47 Å². The second-order valence-electron chi connectivity index (χ2n) is 5.77. The number of hydrogen-bond acceptors (Lipinski definition) is 5. The molecule has 0 saturated heterocycles. The third kappa shape index (κ3) is 3.09. The Morgan fingerprint density at radius 3 is 2.50 bits per heavy atom. The van der Waals surface area contributed by atoms with Crippen molar-refractivity contribution in [2.45, 2.75) is 0 Å². The molecule has 0 radical (unpaired) electrons. The number of anilines is 2. The number of nitrogens with one attached hydrogen (secondary N) is 1. The summed E-state index contributed by atoms with van der Waals surface area (Å²) < 4.78 is 11.9. The van der Waals surface area contributed by atoms with Gasteiger partial charge in [-0.3, -0.25) is 4.98 Å². The van der Waals surface area contributed by atoms with Crippen LogP contribution in [0, 0.1) is 0 Å². The van der Waals surface area contributed by atoms with E-state index >= 15 is 0 Å². The van der Waals surface area contributed by atoms with E-state index in [0.717, 1.165) is 33.0 Å². The molecular weight excluding hydrogens is 344 g/mol. The molecule has 0 spiro atoms. The van der Waals surface area contributed by atoms with Crippen molar-refractivity contribution in [3.05, 3.63) is 67.0 Å². The number of thiophene rings is 1. The van der Waals surface area contributed by atoms with Crippen LogP contribution in [-0.2, 0) is 0 Å². The number of ether oxygens (including phenoxy) is 2. The lowest BCUT2D eigenvalue weighted by Gasteiger charge is -2.13. The molecule has 2 aromatic carbocycles. The topological polar surface area (TPSA) is 43.4 Å². The van der Waals surface area contributed by atoms with Crippen molar-refractivity contribution in [2.75, 3.05) is 19.5 Å². The summed E-state index contributed by atoms with van der Waals surface area (Å²) in [6.45, 7) is 0. The van der Waals surface area contributed by atoms with Crippen molar-refractivity contribution >= 4 is 32.8 Å². The van der Waals surface area contributed by atoms with E-state index in [1.807, 2.05) is 36.7 Å². The summed E-state index contributed by atoms with van der Waals surface area (Å²) in [6.07, 6.45) is 3.74. The highest BCUT2D eigenvalue weighted by atomic mass is 32.1. The first-order chi connectivity index (χ1) is 12.8. The SMILES string of the molecule is COc1ccc(OC)c(Nc2cncc3sc(-c4ccccc4)cc23)c1. The maximum atomic E-state index is 5.47. The molecule has 1 N–H and O–H groups in total. The minimum atomic E-state index is 0.751. The highest BCUT2D eigenvalue weighted by Gasteiger charge is 2.11. The van der Waals surface area contributed by atoms with Crippen LogP contribution >= 0.6 is 11.3 Å². The Bertz CT molecular complexity index is 1040. The highest BCUT2D eigenvalue weighted by molar-refractivity contribution is 7.22. The summed E-state index contributed by atoms with van der Waals surface area (Å²) in [6, 6.07) is 18.3. The predicted molar refractivity (Wildman–Crippen MR) is 108 cm³/mol. The average Bonchev–Trinajstić information content (AvgIpc) is 3.14. The number of aromatic nitrogens is 1. The van der Waals surface area contributed by atoms with Gasteiger partial charge in [-0.2, -0.15) is 0 Å². The molecule has 0 unspecified atom stereocenters. The third-order valence-electron chi connectivity index (χ3n) is 4.18. The highest BCUT2D eigenvalue weighted by Crippen LogP contribution is 2.39. The third-order valence-corrected chi connectivity index (χ3v) is 5.30. The Morgan fingerprint density at radius 1 is 0.885 bits per heavy atom. The molecule has 0 aliphatic rings. The molecule has 0 fully saturated rings. The van der Waals surface area contributed by atoms with Crippen LogP contribution in [0.2, 0.25) is 0 Å². The van der Waals surface area contributed by atoms with Gasteiger partial charge >= 0.3 is 0 Å². The second-order valence-corrected chi connectivity index (χ2v) is 6.85. The van der Waals surface area contributed by atoms with Crippen molar-refractivity contribution in [1.82, 2.24) is 4.98 Å². The Kier molecular flexibility index (Phi) is 4.46. The minimum absolute atomic E-state index is 0.751. The maximum Gasteiger partial charge on any atom is 0.142 e. The van der Waals surface area contributed by atoms with E-state index in [0.29, 0.717) is 0 Å². The first kappa shape index (κ1) is 16.4. The lowest BCUT2D eigenvalue weighted by atomic mass is 10.1. The molecule has 5 heteroatoms. The van der Waals surface area contributed by atoms with Gasteiger partial charge < -0.3 is 14.8 Å². The van der Waals surface area contributed by atoms with Crippen LogP contribution in [0.25, 0.3) is 20.5 Å². The average molecular weight is 362 g/mol. The molecule has 0 saturated carbocycles. The summed E-state index contributed by atoms with van der Waals surface area (Å²) >= 11 is 1.73. The normalized spacial score (nSPS) is 10.7. The van der Waals surface area contributed by atoms with E-state index in [1.165, 1.54) is 10.4 Å². The van der Waals surface area contributed by atoms with Crippen molar-refractivity contribution in [3.63, 3.8) is 0 Å². The van der Waals surface area contributed by atoms with Gasteiger partial charge in [-0.25, -0.2) is 0 Å². The molecule has 2 heterocycles. The van der Waals surface area contributed by atoms with Gasteiger partial charge in [0.15, 0.2) is 0 Å². The van der Waals surface area contributed by atoms with E-state index in [9.17, 15) is 0 Å². The summed E-state index contributed by atoms with van der Waals surface area (Å²) in [7, 11) is 3.31. The number of nitrogens with zero attached hydrogens (tertiary/aromatic N) is 1. The predicted octanol–water partition coefficient (Wildman–Crippen LogP) is 5.72. The van der Waals surface area contributed by atoms with Gasteiger partial charge in [-0.15, -0.1) is 11.3 Å². The van der Waals surface area contributed by atoms with E-state index in [2.05, 4.69) is 40.6 Å². The van der Waals surface area contributed by atoms with Crippen LogP contribution in [0.15, 0.2) is 67.0 Å². The molecule has 26 heavy (non-hydrogen) atoms. The summed E-state index contributed by atoms with van der Waals surface area (Å²) in [5.41, 5.74) is 2.99. The lowest BCUT2D eigenvalue weighted by Crippen LogP contribution is -1.96. The maximum absolute atomic E-state index is 5.47. The number of pyridine rings is 1. The molecule has 0 atom stereocenters.